The standard InChI is InChI=1S/C15H14F2O3/c1-19-13-7-9(16)3-5-11(13)15(18)12-6-4-10(17)8-14(12)20-2/h3-8,15,18H,1-2H3. The summed E-state index contributed by atoms with van der Waals surface area (Å²) in [6.07, 6.45) is -1.11. The fraction of sp³-hybridized carbons (Fsp3) is 0.200. The summed E-state index contributed by atoms with van der Waals surface area (Å²) in [6.45, 7) is 0. The van der Waals surface area contributed by atoms with E-state index in [9.17, 15) is 13.9 Å². The second kappa shape index (κ2) is 5.88. The van der Waals surface area contributed by atoms with E-state index in [1.165, 1.54) is 50.6 Å². The minimum absolute atomic E-state index is 0.212. The number of rotatable bonds is 4. The van der Waals surface area contributed by atoms with Crippen molar-refractivity contribution < 1.29 is 23.4 Å². The molecule has 2 aromatic rings. The molecule has 0 saturated carbocycles. The summed E-state index contributed by atoms with van der Waals surface area (Å²) in [6, 6.07) is 7.63. The van der Waals surface area contributed by atoms with Crippen molar-refractivity contribution in [3.8, 4) is 11.5 Å². The highest BCUT2D eigenvalue weighted by molar-refractivity contribution is 5.45. The van der Waals surface area contributed by atoms with Crippen molar-refractivity contribution in [3.05, 3.63) is 59.2 Å². The first-order valence-electron chi connectivity index (χ1n) is 5.91. The lowest BCUT2D eigenvalue weighted by atomic mass is 9.99. The molecule has 0 spiro atoms. The van der Waals surface area contributed by atoms with E-state index in [1.54, 1.807) is 0 Å². The largest absolute Gasteiger partial charge is 0.496 e. The van der Waals surface area contributed by atoms with Crippen molar-refractivity contribution in [2.24, 2.45) is 0 Å². The van der Waals surface area contributed by atoms with Gasteiger partial charge in [-0.05, 0) is 24.3 Å². The van der Waals surface area contributed by atoms with Crippen LogP contribution in [0.15, 0.2) is 36.4 Å². The summed E-state index contributed by atoms with van der Waals surface area (Å²) >= 11 is 0. The molecule has 0 aliphatic carbocycles. The molecule has 0 unspecified atom stereocenters. The Balaban J connectivity index is 2.48. The average Bonchev–Trinajstić information content (AvgIpc) is 2.46. The summed E-state index contributed by atoms with van der Waals surface area (Å²) in [5, 5.41) is 10.4. The molecule has 1 N–H and O–H groups in total. The van der Waals surface area contributed by atoms with Crippen LogP contribution in [0.2, 0.25) is 0 Å². The predicted molar refractivity (Wildman–Crippen MR) is 70.0 cm³/mol. The van der Waals surface area contributed by atoms with Gasteiger partial charge >= 0.3 is 0 Å². The van der Waals surface area contributed by atoms with Crippen LogP contribution in [0, 0.1) is 11.6 Å². The molecule has 106 valence electrons. The highest BCUT2D eigenvalue weighted by Gasteiger charge is 2.20. The normalized spacial score (nSPS) is 10.7. The molecule has 0 fully saturated rings. The summed E-state index contributed by atoms with van der Waals surface area (Å²) in [5.74, 6) is -0.513. The van der Waals surface area contributed by atoms with Crippen molar-refractivity contribution in [1.29, 1.82) is 0 Å². The van der Waals surface area contributed by atoms with Crippen molar-refractivity contribution >= 4 is 0 Å². The Morgan fingerprint density at radius 3 is 1.60 bits per heavy atom. The smallest absolute Gasteiger partial charge is 0.127 e. The third-order valence-corrected chi connectivity index (χ3v) is 2.98. The van der Waals surface area contributed by atoms with Crippen LogP contribution < -0.4 is 9.47 Å². The van der Waals surface area contributed by atoms with Gasteiger partial charge in [0.15, 0.2) is 0 Å². The lowest BCUT2D eigenvalue weighted by Crippen LogP contribution is -2.05. The summed E-state index contributed by atoms with van der Waals surface area (Å²) < 4.78 is 36.4. The summed E-state index contributed by atoms with van der Waals surface area (Å²) in [5.41, 5.74) is 0.748. The van der Waals surface area contributed by atoms with Crippen LogP contribution in [0.4, 0.5) is 8.78 Å². The maximum atomic E-state index is 13.2. The molecule has 0 aliphatic heterocycles. The molecular formula is C15H14F2O3. The second-order valence-corrected chi connectivity index (χ2v) is 4.18. The number of benzene rings is 2. The Morgan fingerprint density at radius 2 is 1.25 bits per heavy atom. The van der Waals surface area contributed by atoms with Crippen LogP contribution in [0.25, 0.3) is 0 Å². The monoisotopic (exact) mass is 280 g/mol. The van der Waals surface area contributed by atoms with Gasteiger partial charge in [0.1, 0.15) is 29.2 Å². The van der Waals surface area contributed by atoms with Crippen molar-refractivity contribution in [3.63, 3.8) is 0 Å². The molecule has 0 saturated heterocycles. The lowest BCUT2D eigenvalue weighted by molar-refractivity contribution is 0.209. The molecular weight excluding hydrogens is 266 g/mol. The van der Waals surface area contributed by atoms with Gasteiger partial charge in [0.05, 0.1) is 14.2 Å². The molecule has 5 heteroatoms. The zero-order valence-corrected chi connectivity index (χ0v) is 11.1. The van der Waals surface area contributed by atoms with Crippen molar-refractivity contribution in [2.45, 2.75) is 6.10 Å². The molecule has 0 aromatic heterocycles. The minimum Gasteiger partial charge on any atom is -0.496 e. The van der Waals surface area contributed by atoms with Gasteiger partial charge in [-0.3, -0.25) is 0 Å². The van der Waals surface area contributed by atoms with Crippen LogP contribution in [-0.2, 0) is 0 Å². The van der Waals surface area contributed by atoms with E-state index in [-0.39, 0.29) is 11.5 Å². The van der Waals surface area contributed by atoms with E-state index in [2.05, 4.69) is 0 Å². The summed E-state index contributed by atoms with van der Waals surface area (Å²) in [4.78, 5) is 0. The molecule has 0 radical (unpaired) electrons. The van der Waals surface area contributed by atoms with Crippen molar-refractivity contribution in [2.75, 3.05) is 14.2 Å². The zero-order valence-electron chi connectivity index (χ0n) is 11.1. The SMILES string of the molecule is COc1cc(F)ccc1C(O)c1ccc(F)cc1OC. The third kappa shape index (κ3) is 2.72. The van der Waals surface area contributed by atoms with Crippen LogP contribution >= 0.6 is 0 Å². The fourth-order valence-electron chi connectivity index (χ4n) is 1.99. The van der Waals surface area contributed by atoms with E-state index in [0.717, 1.165) is 0 Å². The molecule has 3 nitrogen and oxygen atoms in total. The minimum atomic E-state index is -1.11. The van der Waals surface area contributed by atoms with E-state index in [0.29, 0.717) is 11.1 Å². The van der Waals surface area contributed by atoms with Crippen LogP contribution in [0.1, 0.15) is 17.2 Å². The Hall–Kier alpha value is -2.14. The van der Waals surface area contributed by atoms with E-state index >= 15 is 0 Å². The Morgan fingerprint density at radius 1 is 0.850 bits per heavy atom. The fourth-order valence-corrected chi connectivity index (χ4v) is 1.99. The number of aliphatic hydroxyl groups is 1. The summed E-state index contributed by atoms with van der Waals surface area (Å²) in [7, 11) is 2.76. The van der Waals surface area contributed by atoms with Gasteiger partial charge in [0.2, 0.25) is 0 Å². The third-order valence-electron chi connectivity index (χ3n) is 2.98. The quantitative estimate of drug-likeness (QED) is 0.935. The topological polar surface area (TPSA) is 38.7 Å². The second-order valence-electron chi connectivity index (χ2n) is 4.18. The number of halogens is 2. The van der Waals surface area contributed by atoms with Gasteiger partial charge in [0, 0.05) is 23.3 Å². The van der Waals surface area contributed by atoms with Gasteiger partial charge in [-0.1, -0.05) is 0 Å². The van der Waals surface area contributed by atoms with E-state index in [4.69, 9.17) is 9.47 Å². The van der Waals surface area contributed by atoms with Gasteiger partial charge in [0.25, 0.3) is 0 Å². The van der Waals surface area contributed by atoms with Crippen LogP contribution in [0.5, 0.6) is 11.5 Å². The van der Waals surface area contributed by atoms with Gasteiger partial charge in [-0.15, -0.1) is 0 Å². The molecule has 20 heavy (non-hydrogen) atoms. The van der Waals surface area contributed by atoms with Gasteiger partial charge in [-0.2, -0.15) is 0 Å². The van der Waals surface area contributed by atoms with E-state index < -0.39 is 17.7 Å². The molecule has 0 bridgehead atoms. The van der Waals surface area contributed by atoms with Gasteiger partial charge in [-0.25, -0.2) is 8.78 Å². The average molecular weight is 280 g/mol. The first-order valence-corrected chi connectivity index (χ1v) is 5.91. The molecule has 0 aliphatic rings. The maximum Gasteiger partial charge on any atom is 0.127 e. The first kappa shape index (κ1) is 14.3. The number of methoxy groups -OCH3 is 2. The highest BCUT2D eigenvalue weighted by atomic mass is 19.1. The van der Waals surface area contributed by atoms with Crippen molar-refractivity contribution in [1.82, 2.24) is 0 Å². The van der Waals surface area contributed by atoms with Crippen LogP contribution in [-0.4, -0.2) is 19.3 Å². The molecule has 2 aromatic carbocycles. The van der Waals surface area contributed by atoms with E-state index in [1.807, 2.05) is 0 Å². The highest BCUT2D eigenvalue weighted by Crippen LogP contribution is 2.35. The first-order chi connectivity index (χ1) is 9.56. The number of ether oxygens (including phenoxy) is 2. The zero-order chi connectivity index (χ0) is 14.7. The molecule has 0 heterocycles. The Kier molecular flexibility index (Phi) is 4.20. The molecule has 2 rings (SSSR count). The maximum absolute atomic E-state index is 13.2. The lowest BCUT2D eigenvalue weighted by Gasteiger charge is -2.17. The molecule has 0 amide bonds. The molecule has 0 atom stereocenters. The number of aliphatic hydroxyl groups excluding tert-OH is 1. The number of hydrogen-bond donors (Lipinski definition) is 1. The Labute approximate surface area is 115 Å². The number of hydrogen-bond acceptors (Lipinski definition) is 3. The Bertz CT molecular complexity index is 561. The van der Waals surface area contributed by atoms with Crippen LogP contribution in [0.3, 0.4) is 0 Å². The van der Waals surface area contributed by atoms with Gasteiger partial charge < -0.3 is 14.6 Å². The predicted octanol–water partition coefficient (Wildman–Crippen LogP) is 3.06.